The summed E-state index contributed by atoms with van der Waals surface area (Å²) in [6.45, 7) is 7.70. The van der Waals surface area contributed by atoms with Crippen molar-refractivity contribution in [2.24, 2.45) is 5.92 Å². The largest absolute Gasteiger partial charge is 0.437 e. The minimum atomic E-state index is -0.0476. The molecule has 3 heterocycles. The molecular weight excluding hydrogens is 326 g/mol. The van der Waals surface area contributed by atoms with Gasteiger partial charge in [0.1, 0.15) is 5.76 Å². The van der Waals surface area contributed by atoms with Gasteiger partial charge in [-0.2, -0.15) is 0 Å². The fourth-order valence-electron chi connectivity index (χ4n) is 4.09. The Morgan fingerprint density at radius 2 is 2.08 bits per heavy atom. The highest BCUT2D eigenvalue weighted by atomic mass is 16.4. The quantitative estimate of drug-likeness (QED) is 0.845. The number of benzene rings is 1. The van der Waals surface area contributed by atoms with Crippen molar-refractivity contribution in [3.63, 3.8) is 0 Å². The molecule has 2 aliphatic rings. The molecule has 2 atom stereocenters. The van der Waals surface area contributed by atoms with E-state index in [4.69, 9.17) is 4.42 Å². The lowest BCUT2D eigenvalue weighted by molar-refractivity contribution is 0.0640. The third-order valence-corrected chi connectivity index (χ3v) is 5.71. The van der Waals surface area contributed by atoms with Gasteiger partial charge in [-0.3, -0.25) is 9.69 Å². The molecule has 0 spiro atoms. The lowest BCUT2D eigenvalue weighted by Gasteiger charge is -2.31. The number of likely N-dealkylation sites (tertiary alicyclic amines) is 1. The smallest absolute Gasteiger partial charge is 0.309 e. The molecule has 0 bridgehead atoms. The number of amides is 1. The number of piperidine rings is 1. The molecule has 2 aliphatic heterocycles. The summed E-state index contributed by atoms with van der Waals surface area (Å²) in [6, 6.07) is 10.8. The van der Waals surface area contributed by atoms with Crippen molar-refractivity contribution in [3.05, 3.63) is 53.2 Å². The first-order chi connectivity index (χ1) is 12.6. The number of rotatable bonds is 3. The minimum absolute atomic E-state index is 0.0476. The van der Waals surface area contributed by atoms with Crippen LogP contribution in [-0.2, 0) is 13.0 Å². The molecule has 5 heteroatoms. The number of hydrogen-bond acceptors (Lipinski definition) is 4. The first kappa shape index (κ1) is 17.3. The van der Waals surface area contributed by atoms with Crippen LogP contribution in [0.15, 0.2) is 34.7 Å². The average Bonchev–Trinajstić information content (AvgIpc) is 3.10. The molecule has 2 aromatic rings. The van der Waals surface area contributed by atoms with Crippen molar-refractivity contribution >= 4 is 5.91 Å². The van der Waals surface area contributed by atoms with Crippen LogP contribution in [-0.4, -0.2) is 40.3 Å². The molecule has 138 valence electrons. The lowest BCUT2D eigenvalue weighted by Crippen LogP contribution is -2.39. The number of carbonyl (C=O) groups excluding carboxylic acids is 1. The van der Waals surface area contributed by atoms with Crippen molar-refractivity contribution in [2.45, 2.75) is 45.7 Å². The molecule has 1 aromatic carbocycles. The van der Waals surface area contributed by atoms with Crippen LogP contribution in [0.5, 0.6) is 0 Å². The van der Waals surface area contributed by atoms with Gasteiger partial charge in [-0.25, -0.2) is 4.98 Å². The first-order valence-corrected chi connectivity index (χ1v) is 9.68. The summed E-state index contributed by atoms with van der Waals surface area (Å²) in [4.78, 5) is 21.6. The number of hydrogen-bond donors (Lipinski definition) is 0. The van der Waals surface area contributed by atoms with Crippen LogP contribution in [0.4, 0.5) is 0 Å². The second-order valence-corrected chi connectivity index (χ2v) is 7.69. The first-order valence-electron chi connectivity index (χ1n) is 9.68. The molecule has 0 saturated carbocycles. The fraction of sp³-hybridized carbons (Fsp3) is 0.524. The van der Waals surface area contributed by atoms with Gasteiger partial charge in [-0.05, 0) is 31.2 Å². The van der Waals surface area contributed by atoms with E-state index in [-0.39, 0.29) is 11.8 Å². The summed E-state index contributed by atoms with van der Waals surface area (Å²) < 4.78 is 5.86. The topological polar surface area (TPSA) is 49.6 Å². The van der Waals surface area contributed by atoms with Gasteiger partial charge in [0.15, 0.2) is 0 Å². The summed E-state index contributed by atoms with van der Waals surface area (Å²) in [6.07, 6.45) is 3.07. The Balaban J connectivity index is 1.48. The van der Waals surface area contributed by atoms with Crippen molar-refractivity contribution < 1.29 is 9.21 Å². The number of fused-ring (bicyclic) bond motifs is 1. The summed E-state index contributed by atoms with van der Waals surface area (Å²) in [5, 5.41) is 0. The molecular formula is C21H27N3O2. The molecule has 0 unspecified atom stereocenters. The van der Waals surface area contributed by atoms with E-state index in [0.717, 1.165) is 50.5 Å². The van der Waals surface area contributed by atoms with Gasteiger partial charge in [-0.15, -0.1) is 0 Å². The zero-order valence-corrected chi connectivity index (χ0v) is 15.6. The van der Waals surface area contributed by atoms with Crippen LogP contribution in [0.2, 0.25) is 0 Å². The maximum atomic E-state index is 12.8. The summed E-state index contributed by atoms with van der Waals surface area (Å²) in [7, 11) is 0. The summed E-state index contributed by atoms with van der Waals surface area (Å²) in [5.74, 6) is 1.67. The van der Waals surface area contributed by atoms with Gasteiger partial charge in [-0.1, -0.05) is 37.3 Å². The van der Waals surface area contributed by atoms with E-state index < -0.39 is 0 Å². The van der Waals surface area contributed by atoms with Gasteiger partial charge in [0, 0.05) is 38.6 Å². The van der Waals surface area contributed by atoms with Gasteiger partial charge >= 0.3 is 5.91 Å². The standard InChI is InChI=1S/C21H27N3O2/c1-15-7-6-11-24(13-15)21(25)20-22-18-14-23(12-10-19(18)26-20)16(2)17-8-4-3-5-9-17/h3-5,8-9,15-16H,6-7,10-14H2,1-2H3/t15-,16+/m1/s1. The molecule has 1 saturated heterocycles. The maximum absolute atomic E-state index is 12.8. The molecule has 0 aliphatic carbocycles. The van der Waals surface area contributed by atoms with E-state index in [1.807, 2.05) is 11.0 Å². The highest BCUT2D eigenvalue weighted by molar-refractivity contribution is 5.89. The van der Waals surface area contributed by atoms with Crippen molar-refractivity contribution in [3.8, 4) is 0 Å². The molecule has 4 rings (SSSR count). The molecule has 1 amide bonds. The number of aromatic nitrogens is 1. The van der Waals surface area contributed by atoms with Crippen LogP contribution in [0, 0.1) is 5.92 Å². The van der Waals surface area contributed by atoms with Crippen LogP contribution in [0.1, 0.15) is 60.4 Å². The van der Waals surface area contributed by atoms with Gasteiger partial charge in [0.2, 0.25) is 0 Å². The molecule has 0 radical (unpaired) electrons. The van der Waals surface area contributed by atoms with Gasteiger partial charge in [0.25, 0.3) is 5.89 Å². The van der Waals surface area contributed by atoms with Crippen molar-refractivity contribution in [2.75, 3.05) is 19.6 Å². The van der Waals surface area contributed by atoms with Gasteiger partial charge in [0.05, 0.1) is 5.69 Å². The van der Waals surface area contributed by atoms with E-state index in [0.29, 0.717) is 12.0 Å². The predicted octanol–water partition coefficient (Wildman–Crippen LogP) is 3.67. The monoisotopic (exact) mass is 353 g/mol. The Morgan fingerprint density at radius 3 is 2.85 bits per heavy atom. The zero-order valence-electron chi connectivity index (χ0n) is 15.6. The molecule has 26 heavy (non-hydrogen) atoms. The van der Waals surface area contributed by atoms with Crippen molar-refractivity contribution in [1.82, 2.24) is 14.8 Å². The Hall–Kier alpha value is -2.14. The molecule has 1 aromatic heterocycles. The van der Waals surface area contributed by atoms with E-state index in [1.54, 1.807) is 0 Å². The Bertz CT molecular complexity index is 771. The normalized spacial score (nSPS) is 22.1. The molecule has 0 N–H and O–H groups in total. The van der Waals surface area contributed by atoms with Gasteiger partial charge < -0.3 is 9.32 Å². The number of oxazole rings is 1. The lowest BCUT2D eigenvalue weighted by atomic mass is 10.0. The third kappa shape index (κ3) is 3.40. The Labute approximate surface area is 155 Å². The second kappa shape index (κ2) is 7.23. The van der Waals surface area contributed by atoms with E-state index >= 15 is 0 Å². The number of nitrogens with zero attached hydrogens (tertiary/aromatic N) is 3. The average molecular weight is 353 g/mol. The minimum Gasteiger partial charge on any atom is -0.437 e. The Morgan fingerprint density at radius 1 is 1.27 bits per heavy atom. The Kier molecular flexibility index (Phi) is 4.81. The fourth-order valence-corrected chi connectivity index (χ4v) is 4.09. The zero-order chi connectivity index (χ0) is 18.1. The third-order valence-electron chi connectivity index (χ3n) is 5.71. The van der Waals surface area contributed by atoms with Crippen LogP contribution in [0.3, 0.4) is 0 Å². The number of carbonyl (C=O) groups is 1. The highest BCUT2D eigenvalue weighted by Gasteiger charge is 2.30. The van der Waals surface area contributed by atoms with Crippen LogP contribution in [0.25, 0.3) is 0 Å². The molecule has 1 fully saturated rings. The maximum Gasteiger partial charge on any atom is 0.309 e. The van der Waals surface area contributed by atoms with Crippen LogP contribution >= 0.6 is 0 Å². The van der Waals surface area contributed by atoms with Crippen LogP contribution < -0.4 is 0 Å². The SMILES string of the molecule is C[C@@H]1CCCN(C(=O)c2nc3c(o2)CCN([C@@H](C)c2ccccc2)C3)C1. The van der Waals surface area contributed by atoms with Crippen molar-refractivity contribution in [1.29, 1.82) is 0 Å². The van der Waals surface area contributed by atoms with E-state index in [1.165, 1.54) is 12.0 Å². The summed E-state index contributed by atoms with van der Waals surface area (Å²) >= 11 is 0. The van der Waals surface area contributed by atoms with E-state index in [9.17, 15) is 4.79 Å². The predicted molar refractivity (Wildman–Crippen MR) is 99.8 cm³/mol. The highest BCUT2D eigenvalue weighted by Crippen LogP contribution is 2.28. The van der Waals surface area contributed by atoms with E-state index in [2.05, 4.69) is 48.0 Å². The summed E-state index contributed by atoms with van der Waals surface area (Å²) in [5.41, 5.74) is 2.23. The molecule has 5 nitrogen and oxygen atoms in total. The second-order valence-electron chi connectivity index (χ2n) is 7.69.